The second kappa shape index (κ2) is 15.6. The van der Waals surface area contributed by atoms with E-state index in [1.807, 2.05) is 12.4 Å². The Labute approximate surface area is 209 Å². The summed E-state index contributed by atoms with van der Waals surface area (Å²) in [5.74, 6) is 1.71. The maximum Gasteiger partial charge on any atom is 0.0568 e. The van der Waals surface area contributed by atoms with Crippen LogP contribution in [0.15, 0.2) is 58.7 Å². The van der Waals surface area contributed by atoms with E-state index in [1.54, 1.807) is 0 Å². The Morgan fingerprint density at radius 1 is 0.647 bits per heavy atom. The van der Waals surface area contributed by atoms with Crippen molar-refractivity contribution in [3.8, 4) is 0 Å². The Hall–Kier alpha value is -2.22. The van der Waals surface area contributed by atoms with Crippen LogP contribution in [0.4, 0.5) is 0 Å². The maximum atomic E-state index is 4.26. The Kier molecular flexibility index (Phi) is 12.1. The minimum absolute atomic E-state index is 0.741. The number of benzene rings is 2. The molecule has 0 atom stereocenters. The summed E-state index contributed by atoms with van der Waals surface area (Å²) in [5, 5.41) is 8.51. The summed E-state index contributed by atoms with van der Waals surface area (Å²) in [6, 6.07) is 17.7. The number of aryl methyl sites for hydroxylation is 1. The summed E-state index contributed by atoms with van der Waals surface area (Å²) in [6.07, 6.45) is 22.8. The first-order valence-corrected chi connectivity index (χ1v) is 14.0. The van der Waals surface area contributed by atoms with Crippen LogP contribution in [0.5, 0.6) is 0 Å². The maximum absolute atomic E-state index is 4.26. The highest BCUT2D eigenvalue weighted by Crippen LogP contribution is 2.37. The third-order valence-corrected chi connectivity index (χ3v) is 7.50. The van der Waals surface area contributed by atoms with Crippen LogP contribution in [0.25, 0.3) is 0 Å². The molecule has 2 aromatic rings. The number of rotatable bonds is 14. The smallest absolute Gasteiger partial charge is 0.0568 e. The van der Waals surface area contributed by atoms with E-state index in [1.165, 1.54) is 101 Å². The highest BCUT2D eigenvalue weighted by atomic mass is 15.2. The molecule has 0 spiro atoms. The number of hydrogen-bond donors (Lipinski definition) is 0. The van der Waals surface area contributed by atoms with Gasteiger partial charge in [-0.05, 0) is 72.6 Å². The highest BCUT2D eigenvalue weighted by molar-refractivity contribution is 5.82. The lowest BCUT2D eigenvalue weighted by Gasteiger charge is -2.29. The summed E-state index contributed by atoms with van der Waals surface area (Å²) >= 11 is 0. The molecule has 1 aliphatic rings. The predicted molar refractivity (Wildman–Crippen MR) is 149 cm³/mol. The van der Waals surface area contributed by atoms with Crippen molar-refractivity contribution in [1.29, 1.82) is 0 Å². The molecule has 0 amide bonds. The molecule has 34 heavy (non-hydrogen) atoms. The molecular formula is C32H46N2. The van der Waals surface area contributed by atoms with Crippen LogP contribution in [0.2, 0.25) is 0 Å². The van der Waals surface area contributed by atoms with E-state index in [0.29, 0.717) is 0 Å². The average Bonchev–Trinajstić information content (AvgIpc) is 2.88. The van der Waals surface area contributed by atoms with Crippen molar-refractivity contribution in [2.45, 2.75) is 110 Å². The quantitative estimate of drug-likeness (QED) is 0.153. The lowest BCUT2D eigenvalue weighted by Crippen LogP contribution is -2.13. The molecule has 3 rings (SSSR count). The van der Waals surface area contributed by atoms with Gasteiger partial charge in [0, 0.05) is 0 Å². The fourth-order valence-corrected chi connectivity index (χ4v) is 5.22. The zero-order valence-corrected chi connectivity index (χ0v) is 21.7. The van der Waals surface area contributed by atoms with Crippen molar-refractivity contribution < 1.29 is 0 Å². The topological polar surface area (TPSA) is 24.7 Å². The van der Waals surface area contributed by atoms with Crippen LogP contribution in [-0.2, 0) is 6.42 Å². The third-order valence-electron chi connectivity index (χ3n) is 7.50. The van der Waals surface area contributed by atoms with Gasteiger partial charge in [-0.25, -0.2) is 0 Å². The van der Waals surface area contributed by atoms with Crippen LogP contribution in [-0.4, -0.2) is 12.4 Å². The van der Waals surface area contributed by atoms with Crippen molar-refractivity contribution in [2.75, 3.05) is 0 Å². The van der Waals surface area contributed by atoms with E-state index < -0.39 is 0 Å². The first kappa shape index (κ1) is 26.4. The normalized spacial score (nSPS) is 18.8. The van der Waals surface area contributed by atoms with E-state index in [0.717, 1.165) is 23.0 Å². The first-order valence-electron chi connectivity index (χ1n) is 14.0. The molecule has 0 heterocycles. The zero-order chi connectivity index (χ0) is 23.8. The monoisotopic (exact) mass is 458 g/mol. The van der Waals surface area contributed by atoms with E-state index in [2.05, 4.69) is 72.6 Å². The van der Waals surface area contributed by atoms with Crippen molar-refractivity contribution in [3.63, 3.8) is 0 Å². The molecule has 1 fully saturated rings. The lowest BCUT2D eigenvalue weighted by atomic mass is 9.77. The van der Waals surface area contributed by atoms with Gasteiger partial charge in [0.25, 0.3) is 0 Å². The van der Waals surface area contributed by atoms with Gasteiger partial charge in [0.2, 0.25) is 0 Å². The molecule has 1 saturated carbocycles. The van der Waals surface area contributed by atoms with Gasteiger partial charge in [-0.15, -0.1) is 0 Å². The molecule has 2 heteroatoms. The molecule has 0 saturated heterocycles. The van der Waals surface area contributed by atoms with E-state index in [-0.39, 0.29) is 0 Å². The van der Waals surface area contributed by atoms with Crippen molar-refractivity contribution in [1.82, 2.24) is 0 Å². The number of unbranched alkanes of at least 4 members (excludes halogenated alkanes) is 6. The minimum atomic E-state index is 0.741. The fraction of sp³-hybridized carbons (Fsp3) is 0.562. The second-order valence-corrected chi connectivity index (χ2v) is 10.3. The van der Waals surface area contributed by atoms with Crippen LogP contribution in [0.3, 0.4) is 0 Å². The summed E-state index contributed by atoms with van der Waals surface area (Å²) in [4.78, 5) is 0. The third kappa shape index (κ3) is 9.57. The van der Waals surface area contributed by atoms with Crippen molar-refractivity contribution in [2.24, 2.45) is 16.1 Å². The molecule has 2 aromatic carbocycles. The van der Waals surface area contributed by atoms with Crippen LogP contribution < -0.4 is 0 Å². The van der Waals surface area contributed by atoms with Gasteiger partial charge < -0.3 is 0 Å². The largest absolute Gasteiger partial charge is 0.159 e. The van der Waals surface area contributed by atoms with Gasteiger partial charge in [-0.1, -0.05) is 114 Å². The number of nitrogens with zero attached hydrogens (tertiary/aromatic N) is 2. The highest BCUT2D eigenvalue weighted by Gasteiger charge is 2.21. The zero-order valence-electron chi connectivity index (χ0n) is 21.7. The molecule has 0 aromatic heterocycles. The average molecular weight is 459 g/mol. The standard InChI is InChI=1S/C32H46N2/c1-3-5-7-8-10-12-28-17-21-31(22-18-28)32-23-19-30(20-24-32)26-34-33-25-29-15-13-27(14-16-29)11-9-6-4-2/h13-16,19-20,23-26,28,31H,3-12,17-18,21-22H2,1-2H3/b33-25+,34-26+. The Balaban J connectivity index is 1.38. The van der Waals surface area contributed by atoms with Gasteiger partial charge in [-0.3, -0.25) is 0 Å². The van der Waals surface area contributed by atoms with Crippen LogP contribution >= 0.6 is 0 Å². The minimum Gasteiger partial charge on any atom is -0.159 e. The first-order chi connectivity index (χ1) is 16.8. The molecule has 2 nitrogen and oxygen atoms in total. The Bertz CT molecular complexity index is 840. The van der Waals surface area contributed by atoms with Crippen molar-refractivity contribution >= 4 is 12.4 Å². The van der Waals surface area contributed by atoms with E-state index >= 15 is 0 Å². The summed E-state index contributed by atoms with van der Waals surface area (Å²) < 4.78 is 0. The molecule has 0 N–H and O–H groups in total. The molecular weight excluding hydrogens is 412 g/mol. The summed E-state index contributed by atoms with van der Waals surface area (Å²) in [7, 11) is 0. The van der Waals surface area contributed by atoms with Gasteiger partial charge >= 0.3 is 0 Å². The lowest BCUT2D eigenvalue weighted by molar-refractivity contribution is 0.302. The summed E-state index contributed by atoms with van der Waals surface area (Å²) in [5.41, 5.74) is 5.13. The van der Waals surface area contributed by atoms with E-state index in [4.69, 9.17) is 0 Å². The van der Waals surface area contributed by atoms with Gasteiger partial charge in [0.05, 0.1) is 12.4 Å². The number of hydrogen-bond acceptors (Lipinski definition) is 2. The molecule has 0 aliphatic heterocycles. The van der Waals surface area contributed by atoms with Crippen molar-refractivity contribution in [3.05, 3.63) is 70.8 Å². The van der Waals surface area contributed by atoms with Crippen LogP contribution in [0, 0.1) is 5.92 Å². The molecule has 0 bridgehead atoms. The second-order valence-electron chi connectivity index (χ2n) is 10.3. The van der Waals surface area contributed by atoms with Gasteiger partial charge in [0.1, 0.15) is 0 Å². The SMILES string of the molecule is CCCCCCCC1CCC(c2ccc(/C=N/N=C/c3ccc(CCCCC)cc3)cc2)CC1. The van der Waals surface area contributed by atoms with Crippen LogP contribution in [0.1, 0.15) is 125 Å². The molecule has 0 radical (unpaired) electrons. The Morgan fingerprint density at radius 2 is 1.21 bits per heavy atom. The predicted octanol–water partition coefficient (Wildman–Crippen LogP) is 9.51. The van der Waals surface area contributed by atoms with Gasteiger partial charge in [0.15, 0.2) is 0 Å². The Morgan fingerprint density at radius 3 is 1.82 bits per heavy atom. The molecule has 0 unspecified atom stereocenters. The molecule has 184 valence electrons. The summed E-state index contributed by atoms with van der Waals surface area (Å²) in [6.45, 7) is 4.54. The van der Waals surface area contributed by atoms with E-state index in [9.17, 15) is 0 Å². The van der Waals surface area contributed by atoms with Gasteiger partial charge in [-0.2, -0.15) is 10.2 Å². The fourth-order valence-electron chi connectivity index (χ4n) is 5.22. The molecule has 1 aliphatic carbocycles.